The highest BCUT2D eigenvalue weighted by Gasteiger charge is 2.30. The fourth-order valence-electron chi connectivity index (χ4n) is 2.23. The first-order chi connectivity index (χ1) is 12.8. The number of anilines is 1. The molecule has 0 fully saturated rings. The minimum absolute atomic E-state index is 0.00521. The van der Waals surface area contributed by atoms with E-state index in [9.17, 15) is 22.8 Å². The highest BCUT2D eigenvalue weighted by atomic mass is 19.4. The first-order valence-electron chi connectivity index (χ1n) is 7.61. The largest absolute Gasteiger partial charge is 0.496 e. The Kier molecular flexibility index (Phi) is 6.27. The molecule has 144 valence electrons. The van der Waals surface area contributed by atoms with Gasteiger partial charge in [-0.05, 0) is 30.3 Å². The van der Waals surface area contributed by atoms with Gasteiger partial charge in [-0.15, -0.1) is 0 Å². The van der Waals surface area contributed by atoms with Crippen LogP contribution in [0.4, 0.5) is 18.9 Å². The van der Waals surface area contributed by atoms with E-state index >= 15 is 0 Å². The zero-order valence-corrected chi connectivity index (χ0v) is 14.4. The Morgan fingerprint density at radius 3 is 2.15 bits per heavy atom. The monoisotopic (exact) mass is 383 g/mol. The molecule has 0 bridgehead atoms. The third-order valence-corrected chi connectivity index (χ3v) is 3.44. The molecule has 1 amide bonds. The van der Waals surface area contributed by atoms with E-state index in [-0.39, 0.29) is 22.7 Å². The number of halogens is 3. The van der Waals surface area contributed by atoms with Crippen LogP contribution in [0.15, 0.2) is 42.5 Å². The molecule has 0 atom stereocenters. The number of hydrogen-bond acceptors (Lipinski definition) is 5. The number of benzene rings is 2. The van der Waals surface area contributed by atoms with E-state index in [0.717, 1.165) is 18.2 Å². The molecule has 0 aromatic heterocycles. The van der Waals surface area contributed by atoms with E-state index in [2.05, 4.69) is 5.32 Å². The SMILES string of the molecule is COc1cccc(OC)c1C(=O)OCC(=O)Nc1cccc(C(F)(F)F)c1. The summed E-state index contributed by atoms with van der Waals surface area (Å²) < 4.78 is 53.1. The highest BCUT2D eigenvalue weighted by Crippen LogP contribution is 2.31. The molecule has 2 rings (SSSR count). The van der Waals surface area contributed by atoms with Crippen molar-refractivity contribution in [1.82, 2.24) is 0 Å². The van der Waals surface area contributed by atoms with Crippen LogP contribution in [0.25, 0.3) is 0 Å². The number of esters is 1. The number of methoxy groups -OCH3 is 2. The second-order valence-corrected chi connectivity index (χ2v) is 5.24. The second kappa shape index (κ2) is 8.43. The summed E-state index contributed by atoms with van der Waals surface area (Å²) in [4.78, 5) is 24.1. The van der Waals surface area contributed by atoms with Crippen LogP contribution in [0.5, 0.6) is 11.5 Å². The normalized spacial score (nSPS) is 10.9. The summed E-state index contributed by atoms with van der Waals surface area (Å²) in [6.45, 7) is -0.698. The van der Waals surface area contributed by atoms with Gasteiger partial charge in [-0.25, -0.2) is 4.79 Å². The molecule has 27 heavy (non-hydrogen) atoms. The first kappa shape index (κ1) is 20.1. The van der Waals surface area contributed by atoms with Crippen molar-refractivity contribution < 1.29 is 37.0 Å². The molecular formula is C18H16F3NO5. The van der Waals surface area contributed by atoms with Gasteiger partial charge in [0.1, 0.15) is 17.1 Å². The highest BCUT2D eigenvalue weighted by molar-refractivity contribution is 5.98. The summed E-state index contributed by atoms with van der Waals surface area (Å²) in [5, 5.41) is 2.24. The zero-order valence-electron chi connectivity index (χ0n) is 14.4. The third kappa shape index (κ3) is 5.13. The van der Waals surface area contributed by atoms with Gasteiger partial charge in [-0.3, -0.25) is 4.79 Å². The van der Waals surface area contributed by atoms with Crippen LogP contribution in [0, 0.1) is 0 Å². The molecule has 0 unspecified atom stereocenters. The summed E-state index contributed by atoms with van der Waals surface area (Å²) in [6.07, 6.45) is -4.53. The van der Waals surface area contributed by atoms with E-state index in [1.54, 1.807) is 6.07 Å². The lowest BCUT2D eigenvalue weighted by molar-refractivity contribution is -0.137. The first-order valence-corrected chi connectivity index (χ1v) is 7.61. The van der Waals surface area contributed by atoms with Crippen molar-refractivity contribution in [2.45, 2.75) is 6.18 Å². The Hall–Kier alpha value is -3.23. The Morgan fingerprint density at radius 1 is 1.00 bits per heavy atom. The van der Waals surface area contributed by atoms with Gasteiger partial charge in [0.05, 0.1) is 19.8 Å². The predicted octanol–water partition coefficient (Wildman–Crippen LogP) is 3.52. The predicted molar refractivity (Wildman–Crippen MR) is 89.9 cm³/mol. The average Bonchev–Trinajstić information content (AvgIpc) is 2.64. The van der Waals surface area contributed by atoms with Crippen molar-refractivity contribution in [2.75, 3.05) is 26.1 Å². The molecule has 0 heterocycles. The Morgan fingerprint density at radius 2 is 1.59 bits per heavy atom. The third-order valence-electron chi connectivity index (χ3n) is 3.44. The summed E-state index contributed by atoms with van der Waals surface area (Å²) in [5.41, 5.74) is -0.980. The molecule has 0 saturated carbocycles. The minimum atomic E-state index is -4.53. The van der Waals surface area contributed by atoms with Crippen molar-refractivity contribution in [3.05, 3.63) is 53.6 Å². The van der Waals surface area contributed by atoms with E-state index < -0.39 is 30.2 Å². The number of hydrogen-bond donors (Lipinski definition) is 1. The van der Waals surface area contributed by atoms with Gasteiger partial charge in [0.25, 0.3) is 5.91 Å². The van der Waals surface area contributed by atoms with Crippen molar-refractivity contribution in [3.63, 3.8) is 0 Å². The molecule has 1 N–H and O–H groups in total. The number of nitrogens with one attached hydrogen (secondary N) is 1. The molecule has 2 aromatic rings. The average molecular weight is 383 g/mol. The Balaban J connectivity index is 2.03. The number of carbonyl (C=O) groups is 2. The summed E-state index contributed by atoms with van der Waals surface area (Å²) in [7, 11) is 2.71. The fourth-order valence-corrected chi connectivity index (χ4v) is 2.23. The molecule has 0 aliphatic carbocycles. The number of carbonyl (C=O) groups excluding carboxylic acids is 2. The lowest BCUT2D eigenvalue weighted by Gasteiger charge is -2.13. The van der Waals surface area contributed by atoms with Crippen LogP contribution < -0.4 is 14.8 Å². The Bertz CT molecular complexity index is 814. The number of alkyl halides is 3. The van der Waals surface area contributed by atoms with Crippen LogP contribution in [0.2, 0.25) is 0 Å². The van der Waals surface area contributed by atoms with E-state index in [4.69, 9.17) is 14.2 Å². The quantitative estimate of drug-likeness (QED) is 0.773. The van der Waals surface area contributed by atoms with E-state index in [0.29, 0.717) is 0 Å². The molecule has 2 aromatic carbocycles. The van der Waals surface area contributed by atoms with Gasteiger partial charge in [-0.2, -0.15) is 13.2 Å². The summed E-state index contributed by atoms with van der Waals surface area (Å²) >= 11 is 0. The zero-order chi connectivity index (χ0) is 20.0. The lowest BCUT2D eigenvalue weighted by Crippen LogP contribution is -2.21. The summed E-state index contributed by atoms with van der Waals surface area (Å²) in [5.74, 6) is -1.28. The van der Waals surface area contributed by atoms with Crippen molar-refractivity contribution >= 4 is 17.6 Å². The molecular weight excluding hydrogens is 367 g/mol. The number of amides is 1. The van der Waals surface area contributed by atoms with E-state index in [1.165, 1.54) is 32.4 Å². The van der Waals surface area contributed by atoms with Crippen molar-refractivity contribution in [3.8, 4) is 11.5 Å². The maximum absolute atomic E-state index is 12.7. The molecule has 0 saturated heterocycles. The molecule has 9 heteroatoms. The number of rotatable bonds is 6. The molecule has 6 nitrogen and oxygen atoms in total. The molecule has 0 spiro atoms. The fraction of sp³-hybridized carbons (Fsp3) is 0.222. The van der Waals surface area contributed by atoms with E-state index in [1.807, 2.05) is 0 Å². The topological polar surface area (TPSA) is 73.9 Å². The van der Waals surface area contributed by atoms with Gasteiger partial charge < -0.3 is 19.5 Å². The maximum Gasteiger partial charge on any atom is 0.416 e. The van der Waals surface area contributed by atoms with Crippen LogP contribution in [-0.4, -0.2) is 32.7 Å². The Labute approximate surface area is 152 Å². The van der Waals surface area contributed by atoms with Gasteiger partial charge in [0.2, 0.25) is 0 Å². The standard InChI is InChI=1S/C18H16F3NO5/c1-25-13-7-4-8-14(26-2)16(13)17(24)27-10-15(23)22-12-6-3-5-11(9-12)18(19,20)21/h3-9H,10H2,1-2H3,(H,22,23). The van der Waals surface area contributed by atoms with Gasteiger partial charge in [0.15, 0.2) is 6.61 Å². The van der Waals surface area contributed by atoms with Crippen LogP contribution in [0.3, 0.4) is 0 Å². The van der Waals surface area contributed by atoms with Gasteiger partial charge >= 0.3 is 12.1 Å². The molecule has 0 aliphatic rings. The molecule has 0 radical (unpaired) electrons. The number of ether oxygens (including phenoxy) is 3. The van der Waals surface area contributed by atoms with Crippen molar-refractivity contribution in [2.24, 2.45) is 0 Å². The van der Waals surface area contributed by atoms with Gasteiger partial charge in [0, 0.05) is 5.69 Å². The van der Waals surface area contributed by atoms with Crippen molar-refractivity contribution in [1.29, 1.82) is 0 Å². The van der Waals surface area contributed by atoms with Gasteiger partial charge in [-0.1, -0.05) is 12.1 Å². The van der Waals surface area contributed by atoms with Crippen LogP contribution >= 0.6 is 0 Å². The minimum Gasteiger partial charge on any atom is -0.496 e. The molecule has 0 aliphatic heterocycles. The maximum atomic E-state index is 12.7. The smallest absolute Gasteiger partial charge is 0.416 e. The lowest BCUT2D eigenvalue weighted by atomic mass is 10.2. The summed E-state index contributed by atoms with van der Waals surface area (Å²) in [6, 6.07) is 8.74. The second-order valence-electron chi connectivity index (χ2n) is 5.24. The van der Waals surface area contributed by atoms with Crippen LogP contribution in [0.1, 0.15) is 15.9 Å². The van der Waals surface area contributed by atoms with Crippen LogP contribution in [-0.2, 0) is 15.7 Å².